The lowest BCUT2D eigenvalue weighted by atomic mass is 10.1. The van der Waals surface area contributed by atoms with Crippen LogP contribution in [0.25, 0.3) is 0 Å². The van der Waals surface area contributed by atoms with E-state index < -0.39 is 0 Å². The highest BCUT2D eigenvalue weighted by Gasteiger charge is 1.98. The summed E-state index contributed by atoms with van der Waals surface area (Å²) in [6.07, 6.45) is 4.04. The minimum atomic E-state index is -0.157. The molecule has 0 aliphatic rings. The zero-order chi connectivity index (χ0) is 16.4. The van der Waals surface area contributed by atoms with Crippen LogP contribution in [0.1, 0.15) is 24.6 Å². The molecule has 3 nitrogen and oxygen atoms in total. The first kappa shape index (κ1) is 18.5. The van der Waals surface area contributed by atoms with Gasteiger partial charge in [-0.25, -0.2) is 0 Å². The molecule has 0 aliphatic heterocycles. The van der Waals surface area contributed by atoms with Gasteiger partial charge in [0, 0.05) is 28.4 Å². The van der Waals surface area contributed by atoms with Gasteiger partial charge in [-0.15, -0.1) is 0 Å². The fraction of sp³-hybridized carbons (Fsp3) is 0.294. The van der Waals surface area contributed by atoms with Crippen molar-refractivity contribution >= 4 is 29.2 Å². The normalized spacial score (nSPS) is 9.64. The van der Waals surface area contributed by atoms with E-state index in [0.29, 0.717) is 6.42 Å². The Labute approximate surface area is 141 Å². The molecular weight excluding hydrogens is 321 g/mol. The van der Waals surface area contributed by atoms with Crippen LogP contribution in [0.4, 0.5) is 0 Å². The number of esters is 1. The van der Waals surface area contributed by atoms with Gasteiger partial charge in [0.05, 0.1) is 7.11 Å². The number of nitrogens with zero attached hydrogens (tertiary/aromatic N) is 1. The van der Waals surface area contributed by atoms with Crippen molar-refractivity contribution in [3.8, 4) is 0 Å². The van der Waals surface area contributed by atoms with Gasteiger partial charge in [-0.1, -0.05) is 42.3 Å². The summed E-state index contributed by atoms with van der Waals surface area (Å²) < 4.78 is 4.26. The Hall–Kier alpha value is -1.58. The topological polar surface area (TPSA) is 39.2 Å². The molecule has 0 fully saturated rings. The second-order valence-electron chi connectivity index (χ2n) is 4.52. The summed E-state index contributed by atoms with van der Waals surface area (Å²) in [4.78, 5) is 14.2. The summed E-state index contributed by atoms with van der Waals surface area (Å²) in [5.74, 6) is -0.157. The highest BCUT2D eigenvalue weighted by atomic mass is 35.5. The first-order valence-electron chi connectivity index (χ1n) is 6.96. The molecule has 0 amide bonds. The average Bonchev–Trinajstić information content (AvgIpc) is 2.54. The van der Waals surface area contributed by atoms with Crippen LogP contribution in [0.5, 0.6) is 0 Å². The van der Waals surface area contributed by atoms with Gasteiger partial charge >= 0.3 is 5.97 Å². The van der Waals surface area contributed by atoms with E-state index in [1.807, 2.05) is 30.3 Å². The predicted molar refractivity (Wildman–Crippen MR) is 90.4 cm³/mol. The summed E-state index contributed by atoms with van der Waals surface area (Å²) >= 11 is 11.7. The third-order valence-electron chi connectivity index (χ3n) is 2.88. The molecule has 0 spiro atoms. The molecule has 2 aromatic rings. The van der Waals surface area contributed by atoms with Crippen molar-refractivity contribution in [3.63, 3.8) is 0 Å². The standard InChI is InChI=1S/C13H11Cl2N.C4H8O2/c14-11-4-1-10(2-5-11)3-6-13-9-12(15)7-8-16-13;1-3-4(5)6-2/h1-2,4-5,7-9H,3,6H2;3H2,1-2H3. The van der Waals surface area contributed by atoms with E-state index in [9.17, 15) is 4.79 Å². The van der Waals surface area contributed by atoms with Crippen LogP contribution in [-0.2, 0) is 22.4 Å². The van der Waals surface area contributed by atoms with Crippen LogP contribution in [-0.4, -0.2) is 18.1 Å². The number of halogens is 2. The van der Waals surface area contributed by atoms with Crippen molar-refractivity contribution in [2.75, 3.05) is 7.11 Å². The molecule has 1 heterocycles. The average molecular weight is 340 g/mol. The number of hydrogen-bond acceptors (Lipinski definition) is 3. The van der Waals surface area contributed by atoms with Crippen molar-refractivity contribution < 1.29 is 9.53 Å². The van der Waals surface area contributed by atoms with Gasteiger partial charge in [0.15, 0.2) is 0 Å². The van der Waals surface area contributed by atoms with Crippen molar-refractivity contribution in [1.29, 1.82) is 0 Å². The Morgan fingerprint density at radius 2 is 1.77 bits per heavy atom. The van der Waals surface area contributed by atoms with Gasteiger partial charge < -0.3 is 4.74 Å². The first-order valence-corrected chi connectivity index (χ1v) is 7.72. The number of carbonyl (C=O) groups excluding carboxylic acids is 1. The van der Waals surface area contributed by atoms with E-state index in [4.69, 9.17) is 23.2 Å². The lowest BCUT2D eigenvalue weighted by molar-refractivity contribution is -0.140. The smallest absolute Gasteiger partial charge is 0.305 e. The number of pyridine rings is 1. The summed E-state index contributed by atoms with van der Waals surface area (Å²) in [6.45, 7) is 1.76. The van der Waals surface area contributed by atoms with Crippen molar-refractivity contribution in [2.45, 2.75) is 26.2 Å². The lowest BCUT2D eigenvalue weighted by Gasteiger charge is -2.02. The number of hydrogen-bond donors (Lipinski definition) is 0. The first-order chi connectivity index (χ1) is 10.5. The van der Waals surface area contributed by atoms with Gasteiger partial charge in [-0.3, -0.25) is 9.78 Å². The molecule has 2 rings (SSSR count). The van der Waals surface area contributed by atoms with Crippen molar-refractivity contribution in [3.05, 3.63) is 63.9 Å². The van der Waals surface area contributed by atoms with Gasteiger partial charge in [0.2, 0.25) is 0 Å². The maximum atomic E-state index is 9.96. The van der Waals surface area contributed by atoms with Crippen molar-refractivity contribution in [1.82, 2.24) is 4.98 Å². The molecule has 0 unspecified atom stereocenters. The van der Waals surface area contributed by atoms with E-state index >= 15 is 0 Å². The number of benzene rings is 1. The summed E-state index contributed by atoms with van der Waals surface area (Å²) in [7, 11) is 1.38. The molecule has 5 heteroatoms. The molecule has 0 saturated carbocycles. The van der Waals surface area contributed by atoms with Crippen molar-refractivity contribution in [2.24, 2.45) is 0 Å². The molecule has 0 bridgehead atoms. The fourth-order valence-electron chi connectivity index (χ4n) is 1.65. The minimum absolute atomic E-state index is 0.157. The molecule has 0 saturated heterocycles. The molecule has 22 heavy (non-hydrogen) atoms. The number of aryl methyl sites for hydroxylation is 2. The van der Waals surface area contributed by atoms with E-state index in [1.165, 1.54) is 12.7 Å². The Balaban J connectivity index is 0.000000346. The molecule has 1 aromatic heterocycles. The summed E-state index contributed by atoms with van der Waals surface area (Å²) in [6, 6.07) is 11.6. The van der Waals surface area contributed by atoms with E-state index in [2.05, 4.69) is 9.72 Å². The Kier molecular flexibility index (Phi) is 8.56. The van der Waals surface area contributed by atoms with Gasteiger partial charge in [-0.2, -0.15) is 0 Å². The molecular formula is C17H19Cl2NO2. The SMILES string of the molecule is CCC(=O)OC.Clc1ccc(CCc2cc(Cl)ccn2)cc1. The van der Waals surface area contributed by atoms with Gasteiger partial charge in [0.1, 0.15) is 0 Å². The fourth-order valence-corrected chi connectivity index (χ4v) is 1.96. The lowest BCUT2D eigenvalue weighted by Crippen LogP contribution is -1.94. The quantitative estimate of drug-likeness (QED) is 0.755. The third-order valence-corrected chi connectivity index (χ3v) is 3.37. The van der Waals surface area contributed by atoms with E-state index in [1.54, 1.807) is 19.2 Å². The van der Waals surface area contributed by atoms with E-state index in [-0.39, 0.29) is 5.97 Å². The van der Waals surface area contributed by atoms with E-state index in [0.717, 1.165) is 28.6 Å². The Morgan fingerprint density at radius 1 is 1.09 bits per heavy atom. The second kappa shape index (κ2) is 10.2. The highest BCUT2D eigenvalue weighted by Crippen LogP contribution is 2.13. The molecule has 0 radical (unpaired) electrons. The Morgan fingerprint density at radius 3 is 2.27 bits per heavy atom. The van der Waals surface area contributed by atoms with Gasteiger partial charge in [-0.05, 0) is 42.7 Å². The Bertz CT molecular complexity index is 579. The number of rotatable bonds is 4. The molecule has 0 aliphatic carbocycles. The summed E-state index contributed by atoms with van der Waals surface area (Å²) in [5, 5.41) is 1.51. The minimum Gasteiger partial charge on any atom is -0.469 e. The highest BCUT2D eigenvalue weighted by molar-refractivity contribution is 6.30. The molecule has 0 N–H and O–H groups in total. The van der Waals surface area contributed by atoms with Gasteiger partial charge in [0.25, 0.3) is 0 Å². The number of aromatic nitrogens is 1. The monoisotopic (exact) mass is 339 g/mol. The number of carbonyl (C=O) groups is 1. The third kappa shape index (κ3) is 7.43. The van der Waals surface area contributed by atoms with Crippen LogP contribution in [0.3, 0.4) is 0 Å². The largest absolute Gasteiger partial charge is 0.469 e. The van der Waals surface area contributed by atoms with Crippen LogP contribution in [0, 0.1) is 0 Å². The molecule has 1 aromatic carbocycles. The maximum Gasteiger partial charge on any atom is 0.305 e. The summed E-state index contributed by atoms with van der Waals surface area (Å²) in [5.41, 5.74) is 2.27. The maximum absolute atomic E-state index is 9.96. The number of ether oxygens (including phenoxy) is 1. The molecule has 0 atom stereocenters. The zero-order valence-corrected chi connectivity index (χ0v) is 14.2. The van der Waals surface area contributed by atoms with Crippen LogP contribution in [0.15, 0.2) is 42.6 Å². The molecule has 118 valence electrons. The van der Waals surface area contributed by atoms with Crippen LogP contribution < -0.4 is 0 Å². The van der Waals surface area contributed by atoms with Crippen LogP contribution >= 0.6 is 23.2 Å². The second-order valence-corrected chi connectivity index (χ2v) is 5.39. The van der Waals surface area contributed by atoms with Crippen LogP contribution in [0.2, 0.25) is 10.0 Å². The zero-order valence-electron chi connectivity index (χ0n) is 12.7. The number of methoxy groups -OCH3 is 1. The predicted octanol–water partition coefficient (Wildman–Crippen LogP) is 4.74.